The average Bonchev–Trinajstić information content (AvgIpc) is 3.26. The predicted molar refractivity (Wildman–Crippen MR) is 130 cm³/mol. The highest BCUT2D eigenvalue weighted by Gasteiger charge is 2.22. The third kappa shape index (κ3) is 3.69. The Labute approximate surface area is 185 Å². The Hall–Kier alpha value is -2.82. The van der Waals surface area contributed by atoms with Gasteiger partial charge in [0, 0.05) is 24.1 Å². The topological polar surface area (TPSA) is 7.12 Å². The van der Waals surface area contributed by atoms with E-state index < -0.39 is 0 Å². The molecule has 1 aliphatic rings. The van der Waals surface area contributed by atoms with Gasteiger partial charge in [-0.1, -0.05) is 77.7 Å². The van der Waals surface area contributed by atoms with Crippen molar-refractivity contribution in [1.82, 2.24) is 0 Å². The first kappa shape index (κ1) is 19.2. The smallest absolute Gasteiger partial charge is 0.262 e. The van der Waals surface area contributed by atoms with Crippen LogP contribution in [0.5, 0.6) is 0 Å². The van der Waals surface area contributed by atoms with E-state index in [9.17, 15) is 0 Å². The number of hydrogen-bond donors (Lipinski definition) is 0. The largest absolute Gasteiger partial charge is 0.338 e. The molecule has 0 N–H and O–H groups in total. The van der Waals surface area contributed by atoms with Crippen molar-refractivity contribution >= 4 is 45.1 Å². The molecule has 0 unspecified atom stereocenters. The van der Waals surface area contributed by atoms with Crippen molar-refractivity contribution < 1.29 is 4.57 Å². The molecule has 2 nitrogen and oxygen atoms in total. The van der Waals surface area contributed by atoms with Crippen LogP contribution in [0, 0.1) is 0 Å². The molecular formula is C26H23N2S2+. The molecule has 0 bridgehead atoms. The Morgan fingerprint density at radius 3 is 2.47 bits per heavy atom. The zero-order chi connectivity index (χ0) is 20.5. The van der Waals surface area contributed by atoms with Crippen molar-refractivity contribution in [3.8, 4) is 0 Å². The molecule has 0 amide bonds. The van der Waals surface area contributed by atoms with Gasteiger partial charge in [-0.15, -0.1) is 0 Å². The van der Waals surface area contributed by atoms with Crippen molar-refractivity contribution in [2.45, 2.75) is 11.3 Å². The fourth-order valence-electron chi connectivity index (χ4n) is 3.79. The van der Waals surface area contributed by atoms with E-state index >= 15 is 0 Å². The quantitative estimate of drug-likeness (QED) is 0.346. The van der Waals surface area contributed by atoms with Gasteiger partial charge in [0.2, 0.25) is 5.52 Å². The molecule has 0 atom stereocenters. The highest BCUT2D eigenvalue weighted by molar-refractivity contribution is 8.03. The number of fused-ring (bicyclic) bond motifs is 2. The minimum absolute atomic E-state index is 0.906. The summed E-state index contributed by atoms with van der Waals surface area (Å²) >= 11 is 3.69. The zero-order valence-electron chi connectivity index (χ0n) is 17.1. The second-order valence-corrected chi connectivity index (χ2v) is 9.58. The zero-order valence-corrected chi connectivity index (χ0v) is 18.7. The van der Waals surface area contributed by atoms with E-state index in [2.05, 4.69) is 115 Å². The number of benzene rings is 3. The molecule has 0 spiro atoms. The van der Waals surface area contributed by atoms with Gasteiger partial charge >= 0.3 is 0 Å². The van der Waals surface area contributed by atoms with Gasteiger partial charge in [0.1, 0.15) is 11.7 Å². The molecule has 4 aromatic rings. The number of para-hydroxylation sites is 2. The lowest BCUT2D eigenvalue weighted by Gasteiger charge is -2.14. The summed E-state index contributed by atoms with van der Waals surface area (Å²) < 4.78 is 3.61. The highest BCUT2D eigenvalue weighted by atomic mass is 32.2. The van der Waals surface area contributed by atoms with Gasteiger partial charge in [0.25, 0.3) is 5.01 Å². The summed E-state index contributed by atoms with van der Waals surface area (Å²) in [6, 6.07) is 27.9. The van der Waals surface area contributed by atoms with Gasteiger partial charge in [0.15, 0.2) is 0 Å². The van der Waals surface area contributed by atoms with Gasteiger partial charge < -0.3 is 4.90 Å². The normalized spacial score (nSPS) is 15.2. The van der Waals surface area contributed by atoms with Crippen LogP contribution in [-0.2, 0) is 13.5 Å². The molecule has 2 heterocycles. The summed E-state index contributed by atoms with van der Waals surface area (Å²) in [6.07, 6.45) is 5.60. The Morgan fingerprint density at radius 1 is 0.933 bits per heavy atom. The second-order valence-electron chi connectivity index (χ2n) is 7.46. The first-order chi connectivity index (χ1) is 14.7. The standard InChI is InChI=1S/C26H23N2S2/c1-27-21-12-6-8-14-23(21)29-25(27)17-20(16-19-10-4-3-5-11-19)18-26-28(2)22-13-7-9-15-24(22)30-26/h3-15,17-18H,16H2,1-2H3/q+1. The molecule has 0 aliphatic carbocycles. The molecule has 5 rings (SSSR count). The van der Waals surface area contributed by atoms with Crippen LogP contribution in [0.3, 0.4) is 0 Å². The molecule has 0 saturated carbocycles. The maximum Gasteiger partial charge on any atom is 0.262 e. The lowest BCUT2D eigenvalue weighted by molar-refractivity contribution is -0.642. The van der Waals surface area contributed by atoms with Crippen LogP contribution in [0.4, 0.5) is 5.69 Å². The van der Waals surface area contributed by atoms with Gasteiger partial charge in [-0.25, -0.2) is 0 Å². The number of anilines is 1. The Kier molecular flexibility index (Phi) is 5.19. The van der Waals surface area contributed by atoms with Gasteiger partial charge in [0.05, 0.1) is 10.7 Å². The third-order valence-corrected chi connectivity index (χ3v) is 7.74. The van der Waals surface area contributed by atoms with Crippen LogP contribution >= 0.6 is 23.1 Å². The number of allylic oxidation sites excluding steroid dienone is 2. The maximum absolute atomic E-state index is 2.35. The van der Waals surface area contributed by atoms with Gasteiger partial charge in [-0.2, -0.15) is 4.57 Å². The van der Waals surface area contributed by atoms with E-state index in [1.807, 2.05) is 23.1 Å². The molecule has 3 aromatic carbocycles. The van der Waals surface area contributed by atoms with Gasteiger partial charge in [-0.05, 0) is 41.8 Å². The monoisotopic (exact) mass is 427 g/mol. The fraction of sp³-hybridized carbons (Fsp3) is 0.115. The lowest BCUT2D eigenvalue weighted by Crippen LogP contribution is -2.29. The minimum atomic E-state index is 0.906. The molecule has 30 heavy (non-hydrogen) atoms. The van der Waals surface area contributed by atoms with Crippen molar-refractivity contribution in [2.75, 3.05) is 11.9 Å². The number of rotatable bonds is 4. The van der Waals surface area contributed by atoms with Crippen molar-refractivity contribution in [3.05, 3.63) is 106 Å². The van der Waals surface area contributed by atoms with Crippen molar-refractivity contribution in [1.29, 1.82) is 0 Å². The maximum atomic E-state index is 2.35. The summed E-state index contributed by atoms with van der Waals surface area (Å²) in [7, 11) is 4.31. The first-order valence-electron chi connectivity index (χ1n) is 10.0. The van der Waals surface area contributed by atoms with E-state index in [1.54, 1.807) is 0 Å². The first-order valence-corrected chi connectivity index (χ1v) is 11.7. The van der Waals surface area contributed by atoms with E-state index in [1.165, 1.54) is 42.0 Å². The van der Waals surface area contributed by atoms with Crippen LogP contribution in [0.2, 0.25) is 0 Å². The summed E-state index contributed by atoms with van der Waals surface area (Å²) in [5.74, 6) is 0. The molecular weight excluding hydrogens is 404 g/mol. The third-order valence-electron chi connectivity index (χ3n) is 5.41. The summed E-state index contributed by atoms with van der Waals surface area (Å²) in [5.41, 5.74) is 5.19. The molecule has 1 aliphatic heterocycles. The van der Waals surface area contributed by atoms with Crippen molar-refractivity contribution in [3.63, 3.8) is 0 Å². The summed E-state index contributed by atoms with van der Waals surface area (Å²) in [6.45, 7) is 0. The predicted octanol–water partition coefficient (Wildman–Crippen LogP) is 6.44. The van der Waals surface area contributed by atoms with Crippen molar-refractivity contribution in [2.24, 2.45) is 7.05 Å². The van der Waals surface area contributed by atoms with Crippen LogP contribution in [0.25, 0.3) is 16.3 Å². The molecule has 148 valence electrons. The SMILES string of the molecule is CN1C(=CC(=Cc2sc3ccccc3[n+]2C)Cc2ccccc2)Sc2ccccc21. The molecule has 4 heteroatoms. The minimum Gasteiger partial charge on any atom is -0.338 e. The number of thioether (sulfide) groups is 1. The molecule has 0 fully saturated rings. The van der Waals surface area contributed by atoms with Crippen LogP contribution in [0.15, 0.2) is 100 Å². The van der Waals surface area contributed by atoms with E-state index in [0.717, 1.165) is 6.42 Å². The number of nitrogens with zero attached hydrogens (tertiary/aromatic N) is 2. The van der Waals surface area contributed by atoms with E-state index in [0.29, 0.717) is 0 Å². The second kappa shape index (κ2) is 8.13. The Bertz CT molecular complexity index is 1270. The number of hydrogen-bond acceptors (Lipinski definition) is 3. The Balaban J connectivity index is 1.57. The summed E-state index contributed by atoms with van der Waals surface area (Å²) in [4.78, 5) is 3.61. The fourth-order valence-corrected chi connectivity index (χ4v) is 6.04. The van der Waals surface area contributed by atoms with Crippen LogP contribution in [-0.4, -0.2) is 7.05 Å². The molecule has 0 saturated heterocycles. The lowest BCUT2D eigenvalue weighted by atomic mass is 10.0. The van der Waals surface area contributed by atoms with Crippen LogP contribution in [0.1, 0.15) is 10.6 Å². The van der Waals surface area contributed by atoms with Gasteiger partial charge in [-0.3, -0.25) is 0 Å². The average molecular weight is 428 g/mol. The number of aromatic nitrogens is 1. The van der Waals surface area contributed by atoms with E-state index in [-0.39, 0.29) is 0 Å². The number of aryl methyl sites for hydroxylation is 1. The highest BCUT2D eigenvalue weighted by Crippen LogP contribution is 2.45. The molecule has 0 radical (unpaired) electrons. The number of thiazole rings is 1. The Morgan fingerprint density at radius 2 is 1.67 bits per heavy atom. The van der Waals surface area contributed by atoms with Crippen LogP contribution < -0.4 is 9.47 Å². The summed E-state index contributed by atoms with van der Waals surface area (Å²) in [5, 5.41) is 2.53. The van der Waals surface area contributed by atoms with E-state index in [4.69, 9.17) is 0 Å². The molecule has 1 aromatic heterocycles.